The van der Waals surface area contributed by atoms with Gasteiger partial charge in [-0.05, 0) is 19.6 Å². The van der Waals surface area contributed by atoms with E-state index in [1.54, 1.807) is 26.0 Å². The van der Waals surface area contributed by atoms with Gasteiger partial charge in [-0.25, -0.2) is 4.79 Å². The maximum atomic E-state index is 11.4. The minimum Gasteiger partial charge on any atom is -0.596 e. The van der Waals surface area contributed by atoms with Crippen LogP contribution >= 0.6 is 0 Å². The van der Waals surface area contributed by atoms with E-state index >= 15 is 0 Å². The smallest absolute Gasteiger partial charge is 0.344 e. The maximum Gasteiger partial charge on any atom is 0.344 e. The number of pyridine rings is 1. The second-order valence-electron chi connectivity index (χ2n) is 2.99. The van der Waals surface area contributed by atoms with Gasteiger partial charge >= 0.3 is 5.97 Å². The standard InChI is InChI=1S/C11H14N2O4/c1-3-16-10(14)9-6-5-7-13(8-9)12-11(15)17-4-2/h5-8H,3-4H2,1-2H3. The van der Waals surface area contributed by atoms with Crippen molar-refractivity contribution >= 4 is 12.1 Å². The Bertz CT molecular complexity index is 418. The molecular weight excluding hydrogens is 224 g/mol. The summed E-state index contributed by atoms with van der Waals surface area (Å²) >= 11 is 0. The summed E-state index contributed by atoms with van der Waals surface area (Å²) in [6, 6.07) is 3.17. The average molecular weight is 238 g/mol. The molecule has 0 amide bonds. The van der Waals surface area contributed by atoms with Gasteiger partial charge in [-0.3, -0.25) is 0 Å². The summed E-state index contributed by atoms with van der Waals surface area (Å²) in [6.45, 7) is 3.95. The molecule has 0 saturated heterocycles. The van der Waals surface area contributed by atoms with E-state index in [9.17, 15) is 9.90 Å². The molecule has 0 fully saturated rings. The zero-order chi connectivity index (χ0) is 12.7. The molecule has 0 aliphatic rings. The van der Waals surface area contributed by atoms with Crippen LogP contribution in [0.3, 0.4) is 0 Å². The van der Waals surface area contributed by atoms with Crippen molar-refractivity contribution < 1.29 is 24.1 Å². The number of carbonyl (C=O) groups is 1. The molecule has 6 heteroatoms. The Kier molecular flexibility index (Phi) is 4.93. The molecule has 0 aliphatic heterocycles. The van der Waals surface area contributed by atoms with E-state index in [0.29, 0.717) is 12.2 Å². The van der Waals surface area contributed by atoms with Crippen molar-refractivity contribution in [1.82, 2.24) is 0 Å². The molecule has 1 rings (SSSR count). The zero-order valence-corrected chi connectivity index (χ0v) is 9.75. The minimum atomic E-state index is -0.710. The number of esters is 1. The minimum absolute atomic E-state index is 0.250. The average Bonchev–Trinajstić information content (AvgIpc) is 2.30. The monoisotopic (exact) mass is 238 g/mol. The summed E-state index contributed by atoms with van der Waals surface area (Å²) in [4.78, 5) is 11.4. The number of hydrogen-bond donors (Lipinski definition) is 0. The molecule has 0 atom stereocenters. The van der Waals surface area contributed by atoms with E-state index in [0.717, 1.165) is 0 Å². The molecule has 0 aliphatic carbocycles. The maximum absolute atomic E-state index is 11.4. The fourth-order valence-electron chi connectivity index (χ4n) is 1.11. The first-order valence-electron chi connectivity index (χ1n) is 5.24. The SMILES string of the molecule is CCOC(=O)c1ccc[n+](/N=C(\[O-])OCC)c1. The molecule has 6 nitrogen and oxygen atoms in total. The normalized spacial score (nSPS) is 11.1. The molecule has 0 spiro atoms. The van der Waals surface area contributed by atoms with Crippen LogP contribution in [0.5, 0.6) is 0 Å². The molecule has 0 bridgehead atoms. The fraction of sp³-hybridized carbons (Fsp3) is 0.364. The molecular formula is C11H14N2O4. The highest BCUT2D eigenvalue weighted by molar-refractivity contribution is 5.88. The third-order valence-corrected chi connectivity index (χ3v) is 1.76. The summed E-state index contributed by atoms with van der Waals surface area (Å²) in [5.41, 5.74) is 0.322. The van der Waals surface area contributed by atoms with E-state index in [2.05, 4.69) is 9.84 Å². The lowest BCUT2D eigenvalue weighted by Crippen LogP contribution is -2.35. The van der Waals surface area contributed by atoms with Crippen LogP contribution in [0.2, 0.25) is 0 Å². The van der Waals surface area contributed by atoms with Crippen molar-refractivity contribution in [3.05, 3.63) is 30.1 Å². The molecule has 92 valence electrons. The van der Waals surface area contributed by atoms with E-state index in [1.807, 2.05) is 0 Å². The summed E-state index contributed by atoms with van der Waals surface area (Å²) in [7, 11) is 0. The molecule has 1 aromatic rings. The van der Waals surface area contributed by atoms with Crippen molar-refractivity contribution in [3.63, 3.8) is 0 Å². The highest BCUT2D eigenvalue weighted by Crippen LogP contribution is 1.97. The van der Waals surface area contributed by atoms with Gasteiger partial charge in [0.25, 0.3) is 0 Å². The van der Waals surface area contributed by atoms with Gasteiger partial charge in [-0.2, -0.15) is 0 Å². The Balaban J connectivity index is 2.86. The van der Waals surface area contributed by atoms with Crippen LogP contribution in [0.25, 0.3) is 0 Å². The van der Waals surface area contributed by atoms with E-state index in [4.69, 9.17) is 4.74 Å². The zero-order valence-electron chi connectivity index (χ0n) is 9.75. The van der Waals surface area contributed by atoms with Crippen molar-refractivity contribution in [1.29, 1.82) is 0 Å². The topological polar surface area (TPSA) is 74.8 Å². The van der Waals surface area contributed by atoms with Gasteiger partial charge in [-0.1, -0.05) is 11.6 Å². The Morgan fingerprint density at radius 2 is 2.12 bits per heavy atom. The first kappa shape index (κ1) is 13.0. The Hall–Kier alpha value is -2.11. The number of carbonyl (C=O) groups excluding carboxylic acids is 1. The van der Waals surface area contributed by atoms with Gasteiger partial charge in [0.1, 0.15) is 5.56 Å². The second-order valence-corrected chi connectivity index (χ2v) is 2.99. The lowest BCUT2D eigenvalue weighted by Gasteiger charge is -2.06. The number of rotatable bonds is 4. The van der Waals surface area contributed by atoms with Crippen molar-refractivity contribution in [2.75, 3.05) is 13.2 Å². The van der Waals surface area contributed by atoms with Crippen LogP contribution in [-0.2, 0) is 9.47 Å². The number of nitrogens with zero attached hydrogens (tertiary/aromatic N) is 2. The van der Waals surface area contributed by atoms with E-state index in [1.165, 1.54) is 17.1 Å². The van der Waals surface area contributed by atoms with Crippen LogP contribution in [0, 0.1) is 0 Å². The molecule has 0 N–H and O–H groups in total. The molecule has 0 aromatic carbocycles. The summed E-state index contributed by atoms with van der Waals surface area (Å²) < 4.78 is 10.7. The van der Waals surface area contributed by atoms with Gasteiger partial charge < -0.3 is 14.6 Å². The molecule has 0 radical (unpaired) electrons. The van der Waals surface area contributed by atoms with Gasteiger partial charge in [0.05, 0.1) is 6.61 Å². The van der Waals surface area contributed by atoms with E-state index in [-0.39, 0.29) is 6.61 Å². The predicted molar refractivity (Wildman–Crippen MR) is 57.1 cm³/mol. The summed E-state index contributed by atoms with van der Waals surface area (Å²) in [6.07, 6.45) is 2.22. The van der Waals surface area contributed by atoms with Gasteiger partial charge in [0, 0.05) is 11.2 Å². The van der Waals surface area contributed by atoms with Crippen LogP contribution in [0.4, 0.5) is 0 Å². The molecule has 1 aromatic heterocycles. The van der Waals surface area contributed by atoms with Crippen molar-refractivity contribution in [3.8, 4) is 0 Å². The quantitative estimate of drug-likeness (QED) is 0.311. The highest BCUT2D eigenvalue weighted by atomic mass is 16.6. The Morgan fingerprint density at radius 1 is 1.41 bits per heavy atom. The van der Waals surface area contributed by atoms with Crippen LogP contribution in [0.1, 0.15) is 24.2 Å². The summed E-state index contributed by atoms with van der Waals surface area (Å²) in [5, 5.41) is 14.7. The van der Waals surface area contributed by atoms with Crippen LogP contribution in [-0.4, -0.2) is 25.3 Å². The van der Waals surface area contributed by atoms with E-state index < -0.39 is 12.1 Å². The first-order chi connectivity index (χ1) is 8.17. The fourth-order valence-corrected chi connectivity index (χ4v) is 1.11. The third-order valence-electron chi connectivity index (χ3n) is 1.76. The van der Waals surface area contributed by atoms with Crippen LogP contribution in [0.15, 0.2) is 29.6 Å². The summed E-state index contributed by atoms with van der Waals surface area (Å²) in [5.74, 6) is -0.457. The van der Waals surface area contributed by atoms with Crippen molar-refractivity contribution in [2.45, 2.75) is 13.8 Å². The number of ether oxygens (including phenoxy) is 2. The largest absolute Gasteiger partial charge is 0.596 e. The van der Waals surface area contributed by atoms with Gasteiger partial charge in [-0.15, -0.1) is 0 Å². The number of aromatic nitrogens is 1. The number of hydrogen-bond acceptors (Lipinski definition) is 5. The molecule has 0 saturated carbocycles. The molecule has 0 unspecified atom stereocenters. The van der Waals surface area contributed by atoms with Crippen LogP contribution < -0.4 is 9.78 Å². The lowest BCUT2D eigenvalue weighted by atomic mass is 10.3. The first-order valence-corrected chi connectivity index (χ1v) is 5.24. The van der Waals surface area contributed by atoms with Gasteiger partial charge in [0.2, 0.25) is 18.5 Å². The second kappa shape index (κ2) is 6.47. The lowest BCUT2D eigenvalue weighted by molar-refractivity contribution is -0.683. The molecule has 17 heavy (non-hydrogen) atoms. The molecule has 1 heterocycles. The van der Waals surface area contributed by atoms with Crippen molar-refractivity contribution in [2.24, 2.45) is 5.10 Å². The van der Waals surface area contributed by atoms with Gasteiger partial charge in [0.15, 0.2) is 0 Å². The predicted octanol–water partition coefficient (Wildman–Crippen LogP) is -0.333. The Morgan fingerprint density at radius 3 is 2.76 bits per heavy atom. The third kappa shape index (κ3) is 4.10. The Labute approximate surface area is 99.1 Å². The highest BCUT2D eigenvalue weighted by Gasteiger charge is 2.11.